The highest BCUT2D eigenvalue weighted by Gasteiger charge is 2.57. The number of likely N-dealkylation sites (tertiary alicyclic amines) is 1. The number of anilines is 1. The van der Waals surface area contributed by atoms with E-state index in [9.17, 15) is 4.79 Å². The van der Waals surface area contributed by atoms with Gasteiger partial charge in [0.05, 0.1) is 22.7 Å². The molecule has 4 nitrogen and oxygen atoms in total. The highest BCUT2D eigenvalue weighted by molar-refractivity contribution is 6.31. The van der Waals surface area contributed by atoms with E-state index in [1.165, 1.54) is 57.8 Å². The van der Waals surface area contributed by atoms with Crippen LogP contribution in [0.25, 0.3) is 0 Å². The smallest absolute Gasteiger partial charge is 0.240 e. The van der Waals surface area contributed by atoms with E-state index in [0.717, 1.165) is 42.4 Å². The average molecular weight is 454 g/mol. The molecule has 32 heavy (non-hydrogen) atoms. The first kappa shape index (κ1) is 21.2. The fourth-order valence-corrected chi connectivity index (χ4v) is 8.27. The molecule has 172 valence electrons. The molecule has 0 aromatic heterocycles. The Morgan fingerprint density at radius 1 is 0.906 bits per heavy atom. The fraction of sp³-hybridized carbons (Fsp3) is 0.704. The number of hydrogen-bond acceptors (Lipinski definition) is 3. The third-order valence-corrected chi connectivity index (χ3v) is 9.36. The standard InChI is InChI=1S/C27H36ClN3O/c1-26(2)23(30-10-4-3-5-11-30)24(31(25(26)32)22-8-6-21(28)7-9-22)29-27-15-18-12-19(16-27)14-20(13-18)17-27/h6-9,18-20,23H,3-5,10-17H2,1-2H3/t18?,19?,20?,23-,27?/m1/s1. The third kappa shape index (κ3) is 3.36. The summed E-state index contributed by atoms with van der Waals surface area (Å²) in [6.07, 6.45) is 11.6. The lowest BCUT2D eigenvalue weighted by Crippen LogP contribution is -2.53. The van der Waals surface area contributed by atoms with Crippen LogP contribution in [0.5, 0.6) is 0 Å². The maximum atomic E-state index is 13.9. The molecule has 1 amide bonds. The number of amidine groups is 1. The zero-order valence-electron chi connectivity index (χ0n) is 19.5. The van der Waals surface area contributed by atoms with Gasteiger partial charge in [-0.25, -0.2) is 0 Å². The molecule has 7 rings (SSSR count). The zero-order valence-corrected chi connectivity index (χ0v) is 20.3. The first-order valence-electron chi connectivity index (χ1n) is 12.8. The van der Waals surface area contributed by atoms with E-state index < -0.39 is 5.41 Å². The van der Waals surface area contributed by atoms with E-state index in [0.29, 0.717) is 5.02 Å². The van der Waals surface area contributed by atoms with Crippen LogP contribution in [0.2, 0.25) is 5.02 Å². The summed E-state index contributed by atoms with van der Waals surface area (Å²) in [6.45, 7) is 6.41. The van der Waals surface area contributed by atoms with Crippen LogP contribution in [0, 0.1) is 23.2 Å². The molecule has 0 N–H and O–H groups in total. The molecule has 5 heteroatoms. The SMILES string of the molecule is CC1(C)C(=O)N(c2ccc(Cl)cc2)C(=NC23CC4CC(CC(C4)C2)C3)[C@H]1N1CCCCC1. The summed E-state index contributed by atoms with van der Waals surface area (Å²) in [6, 6.07) is 7.83. The van der Waals surface area contributed by atoms with Crippen LogP contribution >= 0.6 is 11.6 Å². The van der Waals surface area contributed by atoms with Crippen LogP contribution in [0.15, 0.2) is 29.3 Å². The first-order chi connectivity index (χ1) is 15.3. The quantitative estimate of drug-likeness (QED) is 0.568. The first-order valence-corrected chi connectivity index (χ1v) is 13.2. The number of carbonyl (C=O) groups excluding carboxylic acids is 1. The average Bonchev–Trinajstić information content (AvgIpc) is 2.93. The summed E-state index contributed by atoms with van der Waals surface area (Å²) >= 11 is 6.20. The molecular formula is C27H36ClN3O. The van der Waals surface area contributed by atoms with E-state index in [1.807, 2.05) is 29.2 Å². The van der Waals surface area contributed by atoms with Gasteiger partial charge < -0.3 is 0 Å². The molecule has 4 saturated carbocycles. The molecule has 6 aliphatic rings. The molecular weight excluding hydrogens is 418 g/mol. The molecule has 2 heterocycles. The van der Waals surface area contributed by atoms with Crippen molar-refractivity contribution in [3.8, 4) is 0 Å². The van der Waals surface area contributed by atoms with Crippen LogP contribution in [0.3, 0.4) is 0 Å². The number of carbonyl (C=O) groups is 1. The number of benzene rings is 1. The van der Waals surface area contributed by atoms with Crippen molar-refractivity contribution in [2.45, 2.75) is 83.2 Å². The molecule has 1 aromatic rings. The Morgan fingerprint density at radius 2 is 1.47 bits per heavy atom. The number of piperidine rings is 1. The minimum Gasteiger partial charge on any atom is -0.293 e. The van der Waals surface area contributed by atoms with Gasteiger partial charge in [-0.2, -0.15) is 0 Å². The van der Waals surface area contributed by atoms with E-state index in [-0.39, 0.29) is 17.5 Å². The normalized spacial score (nSPS) is 39.9. The van der Waals surface area contributed by atoms with E-state index in [2.05, 4.69) is 18.7 Å². The van der Waals surface area contributed by atoms with Crippen molar-refractivity contribution in [2.24, 2.45) is 28.2 Å². The largest absolute Gasteiger partial charge is 0.293 e. The van der Waals surface area contributed by atoms with Crippen molar-refractivity contribution in [2.75, 3.05) is 18.0 Å². The second kappa shape index (κ2) is 7.56. The summed E-state index contributed by atoms with van der Waals surface area (Å²) in [5.41, 5.74) is 0.470. The molecule has 2 saturated heterocycles. The molecule has 1 atom stereocenters. The van der Waals surface area contributed by atoms with Crippen molar-refractivity contribution in [1.29, 1.82) is 0 Å². The Balaban J connectivity index is 1.47. The maximum Gasteiger partial charge on any atom is 0.240 e. The Morgan fingerprint density at radius 3 is 2.03 bits per heavy atom. The number of aliphatic imine (C=N–C) groups is 1. The van der Waals surface area contributed by atoms with Gasteiger partial charge in [-0.15, -0.1) is 0 Å². The van der Waals surface area contributed by atoms with Crippen LogP contribution in [-0.2, 0) is 4.79 Å². The lowest BCUT2D eigenvalue weighted by molar-refractivity contribution is -0.125. The summed E-state index contributed by atoms with van der Waals surface area (Å²) in [5.74, 6) is 3.72. The van der Waals surface area contributed by atoms with Crippen molar-refractivity contribution in [3.63, 3.8) is 0 Å². The zero-order chi connectivity index (χ0) is 22.1. The molecule has 0 spiro atoms. The van der Waals surface area contributed by atoms with Crippen molar-refractivity contribution < 1.29 is 4.79 Å². The van der Waals surface area contributed by atoms with Gasteiger partial charge in [-0.05, 0) is 120 Å². The lowest BCUT2D eigenvalue weighted by atomic mass is 9.53. The number of nitrogens with zero attached hydrogens (tertiary/aromatic N) is 3. The van der Waals surface area contributed by atoms with Gasteiger partial charge >= 0.3 is 0 Å². The highest BCUT2D eigenvalue weighted by atomic mass is 35.5. The van der Waals surface area contributed by atoms with Gasteiger partial charge in [-0.3, -0.25) is 19.6 Å². The van der Waals surface area contributed by atoms with Gasteiger partial charge in [0.2, 0.25) is 5.91 Å². The molecule has 1 aromatic carbocycles. The maximum absolute atomic E-state index is 13.9. The summed E-state index contributed by atoms with van der Waals surface area (Å²) < 4.78 is 0. The molecule has 4 aliphatic carbocycles. The van der Waals surface area contributed by atoms with Crippen molar-refractivity contribution >= 4 is 29.0 Å². The van der Waals surface area contributed by atoms with E-state index in [4.69, 9.17) is 16.6 Å². The van der Waals surface area contributed by atoms with Gasteiger partial charge in [-0.1, -0.05) is 18.0 Å². The fourth-order valence-electron chi connectivity index (χ4n) is 8.15. The summed E-state index contributed by atoms with van der Waals surface area (Å²) in [7, 11) is 0. The van der Waals surface area contributed by atoms with Crippen molar-refractivity contribution in [1.82, 2.24) is 4.90 Å². The molecule has 0 unspecified atom stereocenters. The second-order valence-corrected chi connectivity index (χ2v) is 12.4. The second-order valence-electron chi connectivity index (χ2n) is 11.9. The summed E-state index contributed by atoms with van der Waals surface area (Å²) in [4.78, 5) is 24.2. The van der Waals surface area contributed by atoms with E-state index in [1.54, 1.807) is 0 Å². The van der Waals surface area contributed by atoms with Crippen LogP contribution in [0.1, 0.15) is 71.6 Å². The number of halogens is 1. The monoisotopic (exact) mass is 453 g/mol. The Hall–Kier alpha value is -1.39. The molecule has 2 aliphatic heterocycles. The predicted molar refractivity (Wildman–Crippen MR) is 130 cm³/mol. The molecule has 4 bridgehead atoms. The molecule has 0 radical (unpaired) electrons. The number of hydrogen-bond donors (Lipinski definition) is 0. The van der Waals surface area contributed by atoms with Gasteiger partial charge in [0.15, 0.2) is 0 Å². The predicted octanol–water partition coefficient (Wildman–Crippen LogP) is 5.93. The van der Waals surface area contributed by atoms with Crippen LogP contribution in [0.4, 0.5) is 5.69 Å². The van der Waals surface area contributed by atoms with Gasteiger partial charge in [0.1, 0.15) is 5.84 Å². The third-order valence-electron chi connectivity index (χ3n) is 9.11. The van der Waals surface area contributed by atoms with Crippen LogP contribution in [-0.4, -0.2) is 41.3 Å². The van der Waals surface area contributed by atoms with Crippen molar-refractivity contribution in [3.05, 3.63) is 29.3 Å². The van der Waals surface area contributed by atoms with Crippen LogP contribution < -0.4 is 4.90 Å². The Bertz CT molecular complexity index is 895. The van der Waals surface area contributed by atoms with Gasteiger partial charge in [0.25, 0.3) is 0 Å². The Labute approximate surface area is 197 Å². The minimum absolute atomic E-state index is 0.0451. The topological polar surface area (TPSA) is 35.9 Å². The van der Waals surface area contributed by atoms with E-state index >= 15 is 0 Å². The Kier molecular flexibility index (Phi) is 5.00. The number of amides is 1. The molecule has 6 fully saturated rings. The highest BCUT2D eigenvalue weighted by Crippen LogP contribution is 2.58. The number of rotatable bonds is 3. The minimum atomic E-state index is -0.488. The summed E-state index contributed by atoms with van der Waals surface area (Å²) in [5, 5.41) is 0.701. The lowest BCUT2D eigenvalue weighted by Gasteiger charge is -2.55. The van der Waals surface area contributed by atoms with Gasteiger partial charge in [0, 0.05) is 5.02 Å².